The second-order valence-electron chi connectivity index (χ2n) is 3.36. The maximum atomic E-state index is 10.7. The first-order valence-corrected chi connectivity index (χ1v) is 5.72. The Morgan fingerprint density at radius 1 is 1.40 bits per heavy atom. The van der Waals surface area contributed by atoms with Crippen molar-refractivity contribution >= 4 is 32.3 Å². The number of aryl methyl sites for hydroxylation is 2. The van der Waals surface area contributed by atoms with Gasteiger partial charge in [-0.3, -0.25) is 0 Å². The van der Waals surface area contributed by atoms with E-state index in [-0.39, 0.29) is 3.98 Å². The molecule has 3 nitrogen and oxygen atoms in total. The Labute approximate surface area is 103 Å². The number of ether oxygens (including phenoxy) is 1. The van der Waals surface area contributed by atoms with E-state index in [1.54, 1.807) is 22.6 Å². The molecule has 0 atom stereocenters. The Morgan fingerprint density at radius 2 is 1.93 bits per heavy atom. The zero-order valence-electron chi connectivity index (χ0n) is 9.06. The van der Waals surface area contributed by atoms with Gasteiger partial charge in [0.1, 0.15) is 6.61 Å². The fourth-order valence-electron chi connectivity index (χ4n) is 1.49. The highest BCUT2D eigenvalue weighted by molar-refractivity contribution is 14.1. The lowest BCUT2D eigenvalue weighted by Gasteiger charge is -2.11. The van der Waals surface area contributed by atoms with Crippen LogP contribution in [0.15, 0.2) is 12.1 Å². The van der Waals surface area contributed by atoms with Crippen molar-refractivity contribution < 1.29 is 9.53 Å². The summed E-state index contributed by atoms with van der Waals surface area (Å²) >= 11 is 1.63. The fraction of sp³-hybridized carbons (Fsp3) is 0.364. The molecule has 0 saturated heterocycles. The summed E-state index contributed by atoms with van der Waals surface area (Å²) in [5.41, 5.74) is 4.43. The lowest BCUT2D eigenvalue weighted by Crippen LogP contribution is -2.01. The first-order valence-electron chi connectivity index (χ1n) is 4.64. The van der Waals surface area contributed by atoms with Crippen LogP contribution >= 0.6 is 22.6 Å². The predicted molar refractivity (Wildman–Crippen MR) is 69.7 cm³/mol. The van der Waals surface area contributed by atoms with Crippen molar-refractivity contribution in [1.29, 1.82) is 0 Å². The molecule has 1 N–H and O–H groups in total. The van der Waals surface area contributed by atoms with E-state index >= 15 is 0 Å². The third-order valence-corrected chi connectivity index (χ3v) is 2.63. The Kier molecular flexibility index (Phi) is 4.38. The predicted octanol–water partition coefficient (Wildman–Crippen LogP) is 3.42. The van der Waals surface area contributed by atoms with Crippen LogP contribution in [0.3, 0.4) is 0 Å². The third-order valence-electron chi connectivity index (χ3n) is 2.31. The third kappa shape index (κ3) is 3.37. The molecular weight excluding hydrogens is 305 g/mol. The summed E-state index contributed by atoms with van der Waals surface area (Å²) in [6.45, 7) is 4.39. The van der Waals surface area contributed by atoms with Gasteiger partial charge in [0.2, 0.25) is 0 Å². The van der Waals surface area contributed by atoms with Gasteiger partial charge in [-0.25, -0.2) is 4.79 Å². The highest BCUT2D eigenvalue weighted by atomic mass is 127. The van der Waals surface area contributed by atoms with Gasteiger partial charge >= 0.3 is 3.98 Å². The molecule has 0 bridgehead atoms. The Balaban J connectivity index is 2.92. The maximum absolute atomic E-state index is 10.7. The lowest BCUT2D eigenvalue weighted by atomic mass is 10.0. The van der Waals surface area contributed by atoms with Crippen LogP contribution in [0.1, 0.15) is 16.7 Å². The van der Waals surface area contributed by atoms with Gasteiger partial charge in [-0.1, -0.05) is 0 Å². The molecule has 0 unspecified atom stereocenters. The van der Waals surface area contributed by atoms with Crippen molar-refractivity contribution in [2.75, 3.05) is 12.4 Å². The van der Waals surface area contributed by atoms with Crippen LogP contribution < -0.4 is 5.32 Å². The topological polar surface area (TPSA) is 38.3 Å². The monoisotopic (exact) mass is 319 g/mol. The van der Waals surface area contributed by atoms with E-state index < -0.39 is 0 Å². The first-order chi connectivity index (χ1) is 7.04. The number of carbonyl (C=O) groups excluding carboxylic acids is 1. The maximum Gasteiger partial charge on any atom is 0.367 e. The number of anilines is 1. The summed E-state index contributed by atoms with van der Waals surface area (Å²) in [6, 6.07) is 4.09. The van der Waals surface area contributed by atoms with Crippen LogP contribution in [0.5, 0.6) is 0 Å². The first kappa shape index (κ1) is 12.3. The molecule has 0 fully saturated rings. The average molecular weight is 319 g/mol. The van der Waals surface area contributed by atoms with Gasteiger partial charge in [0.15, 0.2) is 0 Å². The summed E-state index contributed by atoms with van der Waals surface area (Å²) in [4.78, 5) is 10.7. The molecule has 0 aliphatic carbocycles. The highest BCUT2D eigenvalue weighted by Crippen LogP contribution is 2.20. The lowest BCUT2D eigenvalue weighted by molar-refractivity contribution is 0.172. The molecule has 0 amide bonds. The molecule has 15 heavy (non-hydrogen) atoms. The second-order valence-corrected chi connectivity index (χ2v) is 4.25. The van der Waals surface area contributed by atoms with E-state index in [1.165, 1.54) is 0 Å². The summed E-state index contributed by atoms with van der Waals surface area (Å²) in [5.74, 6) is 0. The molecule has 1 aromatic rings. The molecule has 4 heteroatoms. The summed E-state index contributed by atoms with van der Waals surface area (Å²) in [7, 11) is 1.89. The number of rotatable bonds is 3. The Morgan fingerprint density at radius 3 is 2.33 bits per heavy atom. The van der Waals surface area contributed by atoms with Crippen LogP contribution in [0.25, 0.3) is 0 Å². The number of hydrogen-bond acceptors (Lipinski definition) is 3. The van der Waals surface area contributed by atoms with E-state index in [4.69, 9.17) is 4.74 Å². The fourth-order valence-corrected chi connectivity index (χ4v) is 1.65. The highest BCUT2D eigenvalue weighted by Gasteiger charge is 2.06. The van der Waals surface area contributed by atoms with Crippen molar-refractivity contribution in [3.05, 3.63) is 28.8 Å². The van der Waals surface area contributed by atoms with E-state index in [2.05, 4.69) is 5.32 Å². The van der Waals surface area contributed by atoms with Crippen molar-refractivity contribution in [3.63, 3.8) is 0 Å². The van der Waals surface area contributed by atoms with Crippen LogP contribution in [0.4, 0.5) is 10.5 Å². The Hall–Kier alpha value is -0.780. The summed E-state index contributed by atoms with van der Waals surface area (Å²) in [6.07, 6.45) is 0. The quantitative estimate of drug-likeness (QED) is 0.685. The molecule has 0 aliphatic rings. The molecular formula is C11H14INO2. The van der Waals surface area contributed by atoms with E-state index in [0.29, 0.717) is 6.61 Å². The largest absolute Gasteiger partial charge is 0.453 e. The minimum absolute atomic E-state index is 0.274. The van der Waals surface area contributed by atoms with E-state index in [9.17, 15) is 4.79 Å². The van der Waals surface area contributed by atoms with E-state index in [0.717, 1.165) is 22.4 Å². The molecule has 0 spiro atoms. The standard InChI is InChI=1S/C11H14INO2/c1-7-4-9(13-3)5-8(2)10(7)6-15-11(12)14/h4-5,13H,6H2,1-3H3. The number of halogens is 1. The summed E-state index contributed by atoms with van der Waals surface area (Å²) < 4.78 is 4.72. The molecule has 82 valence electrons. The van der Waals surface area contributed by atoms with Gasteiger partial charge in [0.05, 0.1) is 22.6 Å². The number of benzene rings is 1. The molecule has 1 aromatic carbocycles. The van der Waals surface area contributed by atoms with E-state index in [1.807, 2.05) is 33.0 Å². The van der Waals surface area contributed by atoms with Gasteiger partial charge in [-0.2, -0.15) is 0 Å². The smallest absolute Gasteiger partial charge is 0.367 e. The summed E-state index contributed by atoms with van der Waals surface area (Å²) in [5, 5.41) is 3.09. The van der Waals surface area contributed by atoms with Crippen LogP contribution in [0.2, 0.25) is 0 Å². The van der Waals surface area contributed by atoms with Crippen LogP contribution in [-0.2, 0) is 11.3 Å². The minimum Gasteiger partial charge on any atom is -0.453 e. The molecule has 0 heterocycles. The molecule has 0 radical (unpaired) electrons. The van der Waals surface area contributed by atoms with Gasteiger partial charge in [-0.15, -0.1) is 0 Å². The second kappa shape index (κ2) is 5.34. The Bertz CT molecular complexity index is 354. The number of carbonyl (C=O) groups is 1. The molecule has 0 aliphatic heterocycles. The molecule has 0 saturated carbocycles. The zero-order valence-corrected chi connectivity index (χ0v) is 11.2. The molecule has 0 aromatic heterocycles. The average Bonchev–Trinajstić information content (AvgIpc) is 2.15. The van der Waals surface area contributed by atoms with Gasteiger partial charge in [0.25, 0.3) is 0 Å². The minimum atomic E-state index is -0.274. The van der Waals surface area contributed by atoms with Gasteiger partial charge < -0.3 is 10.1 Å². The van der Waals surface area contributed by atoms with Gasteiger partial charge in [0, 0.05) is 12.7 Å². The molecule has 1 rings (SSSR count). The zero-order chi connectivity index (χ0) is 11.4. The van der Waals surface area contributed by atoms with Crippen LogP contribution in [0, 0.1) is 13.8 Å². The van der Waals surface area contributed by atoms with Crippen molar-refractivity contribution in [2.24, 2.45) is 0 Å². The van der Waals surface area contributed by atoms with Gasteiger partial charge in [-0.05, 0) is 42.7 Å². The normalized spacial score (nSPS) is 9.87. The van der Waals surface area contributed by atoms with Crippen LogP contribution in [-0.4, -0.2) is 11.0 Å². The number of hydrogen-bond donors (Lipinski definition) is 1. The SMILES string of the molecule is CNc1cc(C)c(COC(=O)I)c(C)c1. The number of nitrogens with one attached hydrogen (secondary N) is 1. The van der Waals surface area contributed by atoms with Crippen molar-refractivity contribution in [2.45, 2.75) is 20.5 Å². The van der Waals surface area contributed by atoms with Crippen molar-refractivity contribution in [3.8, 4) is 0 Å². The van der Waals surface area contributed by atoms with Crippen molar-refractivity contribution in [1.82, 2.24) is 0 Å².